The Hall–Kier alpha value is -0.900. The van der Waals surface area contributed by atoms with Gasteiger partial charge in [-0.3, -0.25) is 0 Å². The normalized spacial score (nSPS) is 16.5. The SMILES string of the molecule is CCC(CC)n1nnc(CCN)c1C1CCC1. The number of nitrogens with two attached hydrogens (primary N) is 1. The van der Waals surface area contributed by atoms with Crippen LogP contribution < -0.4 is 5.73 Å². The summed E-state index contributed by atoms with van der Waals surface area (Å²) in [4.78, 5) is 0. The maximum atomic E-state index is 5.66. The molecule has 1 fully saturated rings. The summed E-state index contributed by atoms with van der Waals surface area (Å²) in [5.41, 5.74) is 8.19. The molecule has 96 valence electrons. The Kier molecular flexibility index (Phi) is 4.15. The van der Waals surface area contributed by atoms with Crippen LogP contribution in [0.5, 0.6) is 0 Å². The van der Waals surface area contributed by atoms with Crippen molar-refractivity contribution in [3.8, 4) is 0 Å². The number of hydrogen-bond donors (Lipinski definition) is 1. The molecule has 1 aromatic rings. The molecule has 0 unspecified atom stereocenters. The molecule has 4 heteroatoms. The van der Waals surface area contributed by atoms with Gasteiger partial charge >= 0.3 is 0 Å². The Labute approximate surface area is 104 Å². The predicted molar refractivity (Wildman–Crippen MR) is 69.0 cm³/mol. The van der Waals surface area contributed by atoms with E-state index in [4.69, 9.17) is 5.73 Å². The second kappa shape index (κ2) is 5.63. The first-order chi connectivity index (χ1) is 8.31. The summed E-state index contributed by atoms with van der Waals surface area (Å²) in [7, 11) is 0. The quantitative estimate of drug-likeness (QED) is 0.825. The molecule has 0 atom stereocenters. The monoisotopic (exact) mass is 236 g/mol. The van der Waals surface area contributed by atoms with Crippen molar-refractivity contribution in [2.24, 2.45) is 5.73 Å². The van der Waals surface area contributed by atoms with Gasteiger partial charge in [0, 0.05) is 12.3 Å². The van der Waals surface area contributed by atoms with Gasteiger partial charge in [-0.15, -0.1) is 5.10 Å². The Morgan fingerprint density at radius 1 is 1.35 bits per heavy atom. The summed E-state index contributed by atoms with van der Waals surface area (Å²) >= 11 is 0. The zero-order valence-corrected chi connectivity index (χ0v) is 11.0. The summed E-state index contributed by atoms with van der Waals surface area (Å²) < 4.78 is 2.19. The van der Waals surface area contributed by atoms with Crippen LogP contribution >= 0.6 is 0 Å². The molecular weight excluding hydrogens is 212 g/mol. The van der Waals surface area contributed by atoms with Crippen LogP contribution in [0.15, 0.2) is 0 Å². The molecule has 4 nitrogen and oxygen atoms in total. The first-order valence-corrected chi connectivity index (χ1v) is 6.95. The molecule has 2 rings (SSSR count). The fourth-order valence-electron chi connectivity index (χ4n) is 2.66. The Morgan fingerprint density at radius 3 is 2.53 bits per heavy atom. The molecule has 0 amide bonds. The van der Waals surface area contributed by atoms with E-state index in [0.29, 0.717) is 18.5 Å². The van der Waals surface area contributed by atoms with E-state index in [9.17, 15) is 0 Å². The van der Waals surface area contributed by atoms with Crippen molar-refractivity contribution >= 4 is 0 Å². The molecule has 0 aliphatic heterocycles. The second-order valence-corrected chi connectivity index (χ2v) is 5.00. The number of hydrogen-bond acceptors (Lipinski definition) is 3. The fraction of sp³-hybridized carbons (Fsp3) is 0.846. The third-order valence-electron chi connectivity index (χ3n) is 3.97. The molecule has 0 radical (unpaired) electrons. The molecule has 0 bridgehead atoms. The molecule has 0 spiro atoms. The standard InChI is InChI=1S/C13H24N4/c1-3-11(4-2)17-13(10-6-5-7-10)12(8-9-14)15-16-17/h10-11H,3-9,14H2,1-2H3. The van der Waals surface area contributed by atoms with Gasteiger partial charge in [-0.1, -0.05) is 25.5 Å². The molecule has 1 saturated carbocycles. The third kappa shape index (κ3) is 2.37. The topological polar surface area (TPSA) is 56.7 Å². The summed E-state index contributed by atoms with van der Waals surface area (Å²) in [5, 5.41) is 8.75. The first-order valence-electron chi connectivity index (χ1n) is 6.95. The van der Waals surface area contributed by atoms with Gasteiger partial charge in [-0.25, -0.2) is 4.68 Å². The van der Waals surface area contributed by atoms with Gasteiger partial charge in [0.1, 0.15) is 0 Å². The first kappa shape index (κ1) is 12.6. The average Bonchev–Trinajstić information content (AvgIpc) is 2.64. The minimum atomic E-state index is 0.504. The molecule has 1 heterocycles. The number of nitrogens with zero attached hydrogens (tertiary/aromatic N) is 3. The van der Waals surface area contributed by atoms with Gasteiger partial charge in [0.05, 0.1) is 17.4 Å². The van der Waals surface area contributed by atoms with E-state index in [1.165, 1.54) is 25.0 Å². The molecule has 0 aromatic carbocycles. The van der Waals surface area contributed by atoms with E-state index in [0.717, 1.165) is 25.0 Å². The molecule has 17 heavy (non-hydrogen) atoms. The summed E-state index contributed by atoms with van der Waals surface area (Å²) in [6.07, 6.45) is 7.06. The van der Waals surface area contributed by atoms with Crippen LogP contribution in [0.1, 0.15) is 69.3 Å². The lowest BCUT2D eigenvalue weighted by atomic mass is 9.81. The number of rotatable bonds is 6. The Morgan fingerprint density at radius 2 is 2.06 bits per heavy atom. The highest BCUT2D eigenvalue weighted by Crippen LogP contribution is 2.39. The fourth-order valence-corrected chi connectivity index (χ4v) is 2.66. The smallest absolute Gasteiger partial charge is 0.0874 e. The van der Waals surface area contributed by atoms with Gasteiger partial charge in [0.2, 0.25) is 0 Å². The van der Waals surface area contributed by atoms with Crippen LogP contribution in [-0.4, -0.2) is 21.5 Å². The van der Waals surface area contributed by atoms with E-state index >= 15 is 0 Å². The van der Waals surface area contributed by atoms with Crippen LogP contribution in [-0.2, 0) is 6.42 Å². The largest absolute Gasteiger partial charge is 0.330 e. The van der Waals surface area contributed by atoms with Crippen molar-refractivity contribution in [3.63, 3.8) is 0 Å². The van der Waals surface area contributed by atoms with Crippen molar-refractivity contribution in [2.75, 3.05) is 6.54 Å². The van der Waals surface area contributed by atoms with Gasteiger partial charge in [0.25, 0.3) is 0 Å². The Balaban J connectivity index is 2.30. The van der Waals surface area contributed by atoms with Gasteiger partial charge in [0.15, 0.2) is 0 Å². The summed E-state index contributed by atoms with van der Waals surface area (Å²) in [6.45, 7) is 5.12. The van der Waals surface area contributed by atoms with E-state index < -0.39 is 0 Å². The maximum absolute atomic E-state index is 5.66. The highest BCUT2D eigenvalue weighted by atomic mass is 15.4. The molecule has 0 saturated heterocycles. The van der Waals surface area contributed by atoms with Crippen LogP contribution in [0.2, 0.25) is 0 Å². The summed E-state index contributed by atoms with van der Waals surface area (Å²) in [6, 6.07) is 0.504. The van der Waals surface area contributed by atoms with Crippen LogP contribution in [0.3, 0.4) is 0 Å². The molecular formula is C13H24N4. The van der Waals surface area contributed by atoms with Gasteiger partial charge in [-0.2, -0.15) is 0 Å². The summed E-state index contributed by atoms with van der Waals surface area (Å²) in [5.74, 6) is 0.687. The zero-order chi connectivity index (χ0) is 12.3. The highest BCUT2D eigenvalue weighted by Gasteiger charge is 2.28. The predicted octanol–water partition coefficient (Wildman–Crippen LogP) is 2.41. The van der Waals surface area contributed by atoms with Crippen LogP contribution in [0, 0.1) is 0 Å². The van der Waals surface area contributed by atoms with Gasteiger partial charge < -0.3 is 5.73 Å². The van der Waals surface area contributed by atoms with E-state index in [-0.39, 0.29) is 0 Å². The van der Waals surface area contributed by atoms with Crippen molar-refractivity contribution in [1.82, 2.24) is 15.0 Å². The van der Waals surface area contributed by atoms with Crippen LogP contribution in [0.25, 0.3) is 0 Å². The van der Waals surface area contributed by atoms with E-state index in [1.54, 1.807) is 0 Å². The van der Waals surface area contributed by atoms with Crippen LogP contribution in [0.4, 0.5) is 0 Å². The number of aromatic nitrogens is 3. The zero-order valence-electron chi connectivity index (χ0n) is 11.0. The average molecular weight is 236 g/mol. The lowest BCUT2D eigenvalue weighted by Gasteiger charge is -2.28. The van der Waals surface area contributed by atoms with E-state index in [1.807, 2.05) is 0 Å². The lowest BCUT2D eigenvalue weighted by Crippen LogP contribution is -2.20. The molecule has 1 aromatic heterocycles. The van der Waals surface area contributed by atoms with Crippen molar-refractivity contribution in [2.45, 2.75) is 64.3 Å². The lowest BCUT2D eigenvalue weighted by molar-refractivity contribution is 0.346. The van der Waals surface area contributed by atoms with Crippen molar-refractivity contribution < 1.29 is 0 Å². The Bertz CT molecular complexity index is 350. The molecule has 2 N–H and O–H groups in total. The maximum Gasteiger partial charge on any atom is 0.0874 e. The second-order valence-electron chi connectivity index (χ2n) is 5.00. The highest BCUT2D eigenvalue weighted by molar-refractivity contribution is 5.19. The van der Waals surface area contributed by atoms with Gasteiger partial charge in [-0.05, 0) is 32.2 Å². The minimum Gasteiger partial charge on any atom is -0.330 e. The third-order valence-corrected chi connectivity index (χ3v) is 3.97. The van der Waals surface area contributed by atoms with E-state index in [2.05, 4.69) is 28.8 Å². The molecule has 1 aliphatic carbocycles. The van der Waals surface area contributed by atoms with Crippen molar-refractivity contribution in [1.29, 1.82) is 0 Å². The van der Waals surface area contributed by atoms with Crippen molar-refractivity contribution in [3.05, 3.63) is 11.4 Å². The minimum absolute atomic E-state index is 0.504. The molecule has 1 aliphatic rings.